The fourth-order valence-electron chi connectivity index (χ4n) is 6.30. The molecule has 0 atom stereocenters. The van der Waals surface area contributed by atoms with Gasteiger partial charge in [0, 0.05) is 76.7 Å². The van der Waals surface area contributed by atoms with Crippen LogP contribution in [0.15, 0.2) is 183 Å². The maximum atomic E-state index is 13.2. The van der Waals surface area contributed by atoms with Crippen LogP contribution in [0.3, 0.4) is 0 Å². The number of aromatic nitrogens is 3. The highest BCUT2D eigenvalue weighted by Gasteiger charge is 2.10. The third-order valence-corrected chi connectivity index (χ3v) is 9.62. The second-order valence-corrected chi connectivity index (χ2v) is 14.6. The number of para-hydroxylation sites is 1. The Morgan fingerprint density at radius 2 is 1.04 bits per heavy atom. The fraction of sp³-hybridized carbons (Fsp3) is 0.0370. The molecule has 0 radical (unpaired) electrons. The Balaban J connectivity index is 0.000000203. The average molecular weight is 951 g/mol. The smallest absolute Gasteiger partial charge is 0.409 e. The van der Waals surface area contributed by atoms with Crippen molar-refractivity contribution in [2.75, 3.05) is 22.5 Å². The molecule has 0 saturated heterocycles. The van der Waals surface area contributed by atoms with E-state index in [1.165, 1.54) is 36.5 Å². The second kappa shape index (κ2) is 25.6. The van der Waals surface area contributed by atoms with Crippen LogP contribution in [0.25, 0.3) is 22.3 Å². The van der Waals surface area contributed by atoms with Crippen LogP contribution >= 0.6 is 0 Å². The van der Waals surface area contributed by atoms with Crippen molar-refractivity contribution in [3.8, 4) is 45.9 Å². The lowest BCUT2D eigenvalue weighted by Crippen LogP contribution is -2.30. The number of nitro groups is 1. The molecule has 352 valence electrons. The SMILES string of the molecule is O=C(NCCc1ccc([N+](=O)[O-])nc1)Nc1ccc(-c2ccncc2)c(C#Cc2ccc(F)cc2)c1.O=C(O)Nc1ccc(-c2ccncc2)c(C#Cc2ccc(F)cc2)c1.O=C(O)Nc1ccccc1. The zero-order chi connectivity index (χ0) is 50.4. The maximum absolute atomic E-state index is 13.2. The lowest BCUT2D eigenvalue weighted by Gasteiger charge is -2.10. The van der Waals surface area contributed by atoms with Gasteiger partial charge in [0.05, 0.1) is 0 Å². The van der Waals surface area contributed by atoms with E-state index in [0.29, 0.717) is 52.3 Å². The molecule has 0 aliphatic heterocycles. The lowest BCUT2D eigenvalue weighted by atomic mass is 10.00. The van der Waals surface area contributed by atoms with Crippen LogP contribution < -0.4 is 21.3 Å². The number of carboxylic acid groups (broad SMARTS) is 2. The molecule has 0 aliphatic rings. The standard InChI is InChI=1S/C27H20FN5O3.C20H13FN2O2.C7H7NO2/c28-23-6-2-19(3-7-23)1-5-22-17-24(8-9-25(22)21-12-14-29-15-13-21)32-27(34)30-16-11-20-4-10-26(31-18-20)33(35)36;21-17-5-2-14(3-6-17)1-4-16-13-18(23-20(24)25)7-8-19(16)15-9-11-22-12-10-15;9-7(10)8-6-4-2-1-3-5-6/h2-4,6-10,12-15,17-18H,11,16H2,(H2,30,32,34);2-3,5-13,23H,(H,24,25);1-5,8H,(H,9,10). The van der Waals surface area contributed by atoms with E-state index in [1.54, 1.807) is 110 Å². The Bertz CT molecular complexity index is 3220. The van der Waals surface area contributed by atoms with Crippen LogP contribution in [0.1, 0.15) is 27.8 Å². The highest BCUT2D eigenvalue weighted by atomic mass is 19.1. The molecule has 3 heterocycles. The van der Waals surface area contributed by atoms with Gasteiger partial charge in [0.15, 0.2) is 0 Å². The topological polar surface area (TPSA) is 222 Å². The molecule has 0 saturated carbocycles. The summed E-state index contributed by atoms with van der Waals surface area (Å²) in [6.07, 6.45) is 6.43. The van der Waals surface area contributed by atoms with Gasteiger partial charge < -0.3 is 31.0 Å². The first kappa shape index (κ1) is 50.2. The number of urea groups is 1. The predicted molar refractivity (Wildman–Crippen MR) is 265 cm³/mol. The minimum atomic E-state index is -1.14. The number of nitrogens with one attached hydrogen (secondary N) is 4. The number of pyridine rings is 3. The van der Waals surface area contributed by atoms with E-state index in [-0.39, 0.29) is 17.5 Å². The first-order valence-electron chi connectivity index (χ1n) is 21.2. The van der Waals surface area contributed by atoms with Crippen LogP contribution in [0, 0.1) is 45.4 Å². The molecule has 17 heteroatoms. The summed E-state index contributed by atoms with van der Waals surface area (Å²) >= 11 is 0. The maximum Gasteiger partial charge on any atom is 0.409 e. The summed E-state index contributed by atoms with van der Waals surface area (Å²) in [6.45, 7) is 0.317. The van der Waals surface area contributed by atoms with Gasteiger partial charge in [-0.25, -0.2) is 23.2 Å². The molecule has 0 spiro atoms. The van der Waals surface area contributed by atoms with Crippen LogP contribution in [-0.2, 0) is 6.42 Å². The van der Waals surface area contributed by atoms with E-state index in [4.69, 9.17) is 10.2 Å². The zero-order valence-electron chi connectivity index (χ0n) is 37.2. The Kier molecular flexibility index (Phi) is 18.1. The second-order valence-electron chi connectivity index (χ2n) is 14.6. The molecular formula is C54H40F2N8O7. The van der Waals surface area contributed by atoms with E-state index < -0.39 is 23.1 Å². The van der Waals surface area contributed by atoms with E-state index in [1.807, 2.05) is 36.4 Å². The summed E-state index contributed by atoms with van der Waals surface area (Å²) in [6, 6.07) is 41.0. The predicted octanol–water partition coefficient (Wildman–Crippen LogP) is 11.1. The number of carbonyl (C=O) groups excluding carboxylic acids is 1. The van der Waals surface area contributed by atoms with Crippen molar-refractivity contribution in [2.45, 2.75) is 6.42 Å². The summed E-state index contributed by atoms with van der Waals surface area (Å²) in [5.41, 5.74) is 8.54. The number of anilines is 3. The Morgan fingerprint density at radius 3 is 1.49 bits per heavy atom. The number of nitrogens with zero attached hydrogens (tertiary/aromatic N) is 4. The normalized spacial score (nSPS) is 9.83. The summed E-state index contributed by atoms with van der Waals surface area (Å²) in [5.74, 6) is 11.3. The van der Waals surface area contributed by atoms with Gasteiger partial charge in [0.25, 0.3) is 0 Å². The molecule has 0 unspecified atom stereocenters. The first-order valence-corrected chi connectivity index (χ1v) is 21.2. The molecule has 71 heavy (non-hydrogen) atoms. The van der Waals surface area contributed by atoms with Gasteiger partial charge in [0.2, 0.25) is 0 Å². The molecule has 8 aromatic rings. The van der Waals surface area contributed by atoms with Gasteiger partial charge in [-0.2, -0.15) is 0 Å². The van der Waals surface area contributed by atoms with Crippen LogP contribution in [0.4, 0.5) is 46.0 Å². The van der Waals surface area contributed by atoms with Crippen molar-refractivity contribution in [2.24, 2.45) is 0 Å². The number of rotatable bonds is 9. The molecule has 5 aromatic carbocycles. The molecule has 0 bridgehead atoms. The van der Waals surface area contributed by atoms with Crippen molar-refractivity contribution in [3.05, 3.63) is 232 Å². The number of hydrogen-bond acceptors (Lipinski definition) is 8. The summed E-state index contributed by atoms with van der Waals surface area (Å²) in [5, 5.41) is 37.9. The molecule has 8 rings (SSSR count). The Labute approximate surface area is 405 Å². The third kappa shape index (κ3) is 16.5. The van der Waals surface area contributed by atoms with Crippen molar-refractivity contribution in [1.29, 1.82) is 0 Å². The minimum Gasteiger partial charge on any atom is -0.465 e. The monoisotopic (exact) mass is 950 g/mol. The lowest BCUT2D eigenvalue weighted by molar-refractivity contribution is -0.389. The number of benzene rings is 5. The molecular weight excluding hydrogens is 911 g/mol. The molecule has 4 amide bonds. The van der Waals surface area contributed by atoms with Gasteiger partial charge in [-0.05, 0) is 159 Å². The molecule has 15 nitrogen and oxygen atoms in total. The van der Waals surface area contributed by atoms with Crippen molar-refractivity contribution in [1.82, 2.24) is 20.3 Å². The molecule has 3 aromatic heterocycles. The third-order valence-electron chi connectivity index (χ3n) is 9.62. The van der Waals surface area contributed by atoms with Gasteiger partial charge >= 0.3 is 24.0 Å². The summed E-state index contributed by atoms with van der Waals surface area (Å²) in [4.78, 5) is 55.3. The molecule has 0 aliphatic carbocycles. The van der Waals surface area contributed by atoms with Crippen molar-refractivity contribution >= 4 is 41.1 Å². The van der Waals surface area contributed by atoms with Crippen LogP contribution in [-0.4, -0.2) is 54.9 Å². The molecule has 0 fully saturated rings. The van der Waals surface area contributed by atoms with Gasteiger partial charge in [-0.1, -0.05) is 54.0 Å². The van der Waals surface area contributed by atoms with Crippen LogP contribution in [0.2, 0.25) is 0 Å². The number of carbonyl (C=O) groups is 3. The minimum absolute atomic E-state index is 0.224. The number of amides is 4. The summed E-state index contributed by atoms with van der Waals surface area (Å²) < 4.78 is 26.2. The van der Waals surface area contributed by atoms with Crippen LogP contribution in [0.5, 0.6) is 0 Å². The van der Waals surface area contributed by atoms with Crippen molar-refractivity contribution < 1.29 is 38.3 Å². The highest BCUT2D eigenvalue weighted by molar-refractivity contribution is 5.90. The number of hydrogen-bond donors (Lipinski definition) is 6. The van der Waals surface area contributed by atoms with E-state index >= 15 is 0 Å². The number of halogens is 2. The fourth-order valence-corrected chi connectivity index (χ4v) is 6.30. The Hall–Kier alpha value is -10.3. The molecule has 6 N–H and O–H groups in total. The van der Waals surface area contributed by atoms with E-state index in [2.05, 4.69) is 59.9 Å². The average Bonchev–Trinajstić information content (AvgIpc) is 3.37. The largest absolute Gasteiger partial charge is 0.465 e. The highest BCUT2D eigenvalue weighted by Crippen LogP contribution is 2.27. The van der Waals surface area contributed by atoms with E-state index in [9.17, 15) is 33.3 Å². The van der Waals surface area contributed by atoms with E-state index in [0.717, 1.165) is 27.8 Å². The van der Waals surface area contributed by atoms with Gasteiger partial charge in [-0.15, -0.1) is 0 Å². The summed E-state index contributed by atoms with van der Waals surface area (Å²) in [7, 11) is 0. The quantitative estimate of drug-likeness (QED) is 0.0456. The Morgan fingerprint density at radius 1 is 0.563 bits per heavy atom. The van der Waals surface area contributed by atoms with Crippen molar-refractivity contribution in [3.63, 3.8) is 0 Å². The first-order chi connectivity index (χ1) is 34.4. The van der Waals surface area contributed by atoms with Gasteiger partial charge in [0.1, 0.15) is 17.8 Å². The van der Waals surface area contributed by atoms with Gasteiger partial charge in [-0.3, -0.25) is 20.6 Å². The zero-order valence-corrected chi connectivity index (χ0v) is 37.2.